The highest BCUT2D eigenvalue weighted by Gasteiger charge is 2.30. The van der Waals surface area contributed by atoms with Gasteiger partial charge in [-0.2, -0.15) is 0 Å². The molecule has 1 aliphatic carbocycles. The molecule has 0 atom stereocenters. The molecule has 18 heavy (non-hydrogen) atoms. The van der Waals surface area contributed by atoms with Crippen LogP contribution in [0.1, 0.15) is 23.2 Å². The van der Waals surface area contributed by atoms with E-state index in [1.165, 1.54) is 12.1 Å². The Kier molecular flexibility index (Phi) is 3.57. The molecule has 1 saturated carbocycles. The van der Waals surface area contributed by atoms with Crippen molar-refractivity contribution in [3.63, 3.8) is 0 Å². The predicted octanol–water partition coefficient (Wildman–Crippen LogP) is 1.37. The number of rotatable bonds is 6. The van der Waals surface area contributed by atoms with Gasteiger partial charge in [-0.25, -0.2) is 0 Å². The Balaban J connectivity index is 2.35. The number of anilines is 1. The SMILES string of the molecule is O=Cc1cc([N+](=O)[O-])ccc1N(CCO)C1CC1. The second-order valence-electron chi connectivity index (χ2n) is 4.27. The summed E-state index contributed by atoms with van der Waals surface area (Å²) in [4.78, 5) is 23.1. The Morgan fingerprint density at radius 2 is 2.22 bits per heavy atom. The lowest BCUT2D eigenvalue weighted by atomic mass is 10.1. The number of hydrogen-bond acceptors (Lipinski definition) is 5. The number of benzene rings is 1. The molecule has 0 spiro atoms. The Bertz CT molecular complexity index is 471. The van der Waals surface area contributed by atoms with Crippen LogP contribution in [0.5, 0.6) is 0 Å². The molecule has 0 saturated heterocycles. The van der Waals surface area contributed by atoms with E-state index in [9.17, 15) is 14.9 Å². The van der Waals surface area contributed by atoms with Crippen molar-refractivity contribution in [2.75, 3.05) is 18.1 Å². The van der Waals surface area contributed by atoms with E-state index < -0.39 is 4.92 Å². The van der Waals surface area contributed by atoms with Crippen LogP contribution in [0.15, 0.2) is 18.2 Å². The highest BCUT2D eigenvalue weighted by Crippen LogP contribution is 2.34. The number of non-ortho nitro benzene ring substituents is 1. The van der Waals surface area contributed by atoms with Gasteiger partial charge in [-0.05, 0) is 18.9 Å². The van der Waals surface area contributed by atoms with E-state index in [0.717, 1.165) is 12.8 Å². The van der Waals surface area contributed by atoms with Crippen LogP contribution in [0, 0.1) is 10.1 Å². The van der Waals surface area contributed by atoms with Gasteiger partial charge in [-0.3, -0.25) is 14.9 Å². The second kappa shape index (κ2) is 5.14. The van der Waals surface area contributed by atoms with Gasteiger partial charge in [0, 0.05) is 36.0 Å². The highest BCUT2D eigenvalue weighted by atomic mass is 16.6. The molecule has 6 heteroatoms. The zero-order chi connectivity index (χ0) is 13.1. The largest absolute Gasteiger partial charge is 0.395 e. The number of aliphatic hydroxyl groups is 1. The first-order chi connectivity index (χ1) is 8.67. The fraction of sp³-hybridized carbons (Fsp3) is 0.417. The van der Waals surface area contributed by atoms with Crippen LogP contribution in [0.3, 0.4) is 0 Å². The summed E-state index contributed by atoms with van der Waals surface area (Å²) in [7, 11) is 0. The fourth-order valence-corrected chi connectivity index (χ4v) is 2.01. The maximum Gasteiger partial charge on any atom is 0.270 e. The Morgan fingerprint density at radius 3 is 2.72 bits per heavy atom. The quantitative estimate of drug-likeness (QED) is 0.468. The molecule has 96 valence electrons. The first-order valence-corrected chi connectivity index (χ1v) is 5.78. The molecule has 1 N–H and O–H groups in total. The van der Waals surface area contributed by atoms with Gasteiger partial charge < -0.3 is 10.0 Å². The molecule has 0 bridgehead atoms. The minimum absolute atomic E-state index is 0.00815. The topological polar surface area (TPSA) is 83.7 Å². The van der Waals surface area contributed by atoms with E-state index in [1.807, 2.05) is 4.90 Å². The first-order valence-electron chi connectivity index (χ1n) is 5.78. The fourth-order valence-electron chi connectivity index (χ4n) is 2.01. The van der Waals surface area contributed by atoms with E-state index in [-0.39, 0.29) is 12.3 Å². The number of carbonyl (C=O) groups is 1. The van der Waals surface area contributed by atoms with E-state index in [0.29, 0.717) is 30.1 Å². The molecular weight excluding hydrogens is 236 g/mol. The summed E-state index contributed by atoms with van der Waals surface area (Å²) in [5, 5.41) is 19.7. The maximum atomic E-state index is 11.0. The standard InChI is InChI=1S/C12H14N2O4/c15-6-5-13(10-1-2-10)12-4-3-11(14(17)18)7-9(12)8-16/h3-4,7-8,10,15H,1-2,5-6H2. The molecule has 0 aromatic heterocycles. The summed E-state index contributed by atoms with van der Waals surface area (Å²) >= 11 is 0. The van der Waals surface area contributed by atoms with Crippen LogP contribution in [0.2, 0.25) is 0 Å². The van der Waals surface area contributed by atoms with Gasteiger partial charge >= 0.3 is 0 Å². The van der Waals surface area contributed by atoms with Crippen LogP contribution in [0.4, 0.5) is 11.4 Å². The first kappa shape index (κ1) is 12.5. The van der Waals surface area contributed by atoms with Gasteiger partial charge in [0.15, 0.2) is 6.29 Å². The van der Waals surface area contributed by atoms with Crippen molar-refractivity contribution in [1.82, 2.24) is 0 Å². The molecular formula is C12H14N2O4. The van der Waals surface area contributed by atoms with E-state index in [1.54, 1.807) is 6.07 Å². The predicted molar refractivity (Wildman–Crippen MR) is 65.9 cm³/mol. The second-order valence-corrected chi connectivity index (χ2v) is 4.27. The smallest absolute Gasteiger partial charge is 0.270 e. The maximum absolute atomic E-state index is 11.0. The van der Waals surface area contributed by atoms with Gasteiger partial charge in [0.05, 0.1) is 11.5 Å². The molecule has 1 aromatic carbocycles. The molecule has 1 aliphatic rings. The number of nitrogens with zero attached hydrogens (tertiary/aromatic N) is 2. The van der Waals surface area contributed by atoms with Crippen molar-refractivity contribution >= 4 is 17.7 Å². The van der Waals surface area contributed by atoms with Crippen LogP contribution in [-0.4, -0.2) is 35.5 Å². The number of nitro benzene ring substituents is 1. The highest BCUT2D eigenvalue weighted by molar-refractivity contribution is 5.86. The molecule has 6 nitrogen and oxygen atoms in total. The van der Waals surface area contributed by atoms with Crippen molar-refractivity contribution in [1.29, 1.82) is 0 Å². The Hall–Kier alpha value is -1.95. The third-order valence-electron chi connectivity index (χ3n) is 2.99. The number of nitro groups is 1. The van der Waals surface area contributed by atoms with E-state index in [4.69, 9.17) is 5.11 Å². The average Bonchev–Trinajstić information content (AvgIpc) is 3.19. The number of aldehydes is 1. The summed E-state index contributed by atoms with van der Waals surface area (Å²) in [6, 6.07) is 4.57. The van der Waals surface area contributed by atoms with Crippen molar-refractivity contribution < 1.29 is 14.8 Å². The van der Waals surface area contributed by atoms with Gasteiger partial charge in [-0.1, -0.05) is 0 Å². The summed E-state index contributed by atoms with van der Waals surface area (Å²) < 4.78 is 0. The molecule has 1 aromatic rings. The molecule has 0 unspecified atom stereocenters. The number of aliphatic hydroxyl groups excluding tert-OH is 1. The van der Waals surface area contributed by atoms with Gasteiger partial charge in [-0.15, -0.1) is 0 Å². The van der Waals surface area contributed by atoms with E-state index >= 15 is 0 Å². The average molecular weight is 250 g/mol. The molecule has 1 fully saturated rings. The summed E-state index contributed by atoms with van der Waals surface area (Å²) in [5.74, 6) is 0. The monoisotopic (exact) mass is 250 g/mol. The minimum Gasteiger partial charge on any atom is -0.395 e. The third-order valence-corrected chi connectivity index (χ3v) is 2.99. The summed E-state index contributed by atoms with van der Waals surface area (Å²) in [5.41, 5.74) is 0.859. The van der Waals surface area contributed by atoms with Crippen LogP contribution >= 0.6 is 0 Å². The Labute approximate surface area is 104 Å². The van der Waals surface area contributed by atoms with Crippen LogP contribution in [0.25, 0.3) is 0 Å². The van der Waals surface area contributed by atoms with Crippen LogP contribution in [-0.2, 0) is 0 Å². The number of hydrogen-bond donors (Lipinski definition) is 1. The van der Waals surface area contributed by atoms with Crippen molar-refractivity contribution in [3.8, 4) is 0 Å². The van der Waals surface area contributed by atoms with Gasteiger partial charge in [0.1, 0.15) is 0 Å². The van der Waals surface area contributed by atoms with Gasteiger partial charge in [0.2, 0.25) is 0 Å². The van der Waals surface area contributed by atoms with Crippen molar-refractivity contribution in [2.24, 2.45) is 0 Å². The van der Waals surface area contributed by atoms with E-state index in [2.05, 4.69) is 0 Å². The lowest BCUT2D eigenvalue weighted by Gasteiger charge is -2.24. The summed E-state index contributed by atoms with van der Waals surface area (Å²) in [6.07, 6.45) is 2.67. The van der Waals surface area contributed by atoms with Crippen molar-refractivity contribution in [2.45, 2.75) is 18.9 Å². The molecule has 0 amide bonds. The zero-order valence-electron chi connectivity index (χ0n) is 9.78. The van der Waals surface area contributed by atoms with Gasteiger partial charge in [0.25, 0.3) is 5.69 Å². The molecule has 2 rings (SSSR count). The molecule has 0 radical (unpaired) electrons. The normalized spacial score (nSPS) is 14.3. The minimum atomic E-state index is -0.524. The summed E-state index contributed by atoms with van der Waals surface area (Å²) in [6.45, 7) is 0.426. The third kappa shape index (κ3) is 2.48. The Morgan fingerprint density at radius 1 is 1.50 bits per heavy atom. The zero-order valence-corrected chi connectivity index (χ0v) is 9.78. The lowest BCUT2D eigenvalue weighted by molar-refractivity contribution is -0.384. The molecule has 0 heterocycles. The molecule has 0 aliphatic heterocycles. The van der Waals surface area contributed by atoms with Crippen molar-refractivity contribution in [3.05, 3.63) is 33.9 Å². The number of carbonyl (C=O) groups excluding carboxylic acids is 1. The van der Waals surface area contributed by atoms with Crippen LogP contribution < -0.4 is 4.90 Å². The lowest BCUT2D eigenvalue weighted by Crippen LogP contribution is -2.29.